The van der Waals surface area contributed by atoms with Crippen LogP contribution in [0.15, 0.2) is 18.2 Å². The van der Waals surface area contributed by atoms with Crippen molar-refractivity contribution >= 4 is 29.2 Å². The minimum absolute atomic E-state index is 0.132. The second-order valence-corrected chi connectivity index (χ2v) is 8.10. The monoisotopic (exact) mass is 413 g/mol. The first-order valence-electron chi connectivity index (χ1n) is 10.3. The van der Waals surface area contributed by atoms with E-state index in [9.17, 15) is 14.0 Å². The number of nitrogens with one attached hydrogen (secondary N) is 3. The van der Waals surface area contributed by atoms with Crippen LogP contribution in [0.2, 0.25) is 0 Å². The fourth-order valence-corrected chi connectivity index (χ4v) is 3.77. The number of halogens is 1. The SMILES string of the molecule is CC[N+](C)(CC)CCNC(=O)c1c(C)[nH]c(/C=C2\C(=O)Nc3ccc(F)cc32)c1C. The van der Waals surface area contributed by atoms with E-state index in [2.05, 4.69) is 36.5 Å². The summed E-state index contributed by atoms with van der Waals surface area (Å²) in [5.74, 6) is -0.823. The molecule has 30 heavy (non-hydrogen) atoms. The number of amides is 2. The van der Waals surface area contributed by atoms with Crippen molar-refractivity contribution in [3.63, 3.8) is 0 Å². The van der Waals surface area contributed by atoms with Gasteiger partial charge in [0, 0.05) is 22.6 Å². The Morgan fingerprint density at radius 2 is 1.93 bits per heavy atom. The van der Waals surface area contributed by atoms with Crippen molar-refractivity contribution in [2.24, 2.45) is 0 Å². The first kappa shape index (κ1) is 21.8. The zero-order valence-electron chi connectivity index (χ0n) is 18.3. The Kier molecular flexibility index (Phi) is 6.12. The third-order valence-electron chi connectivity index (χ3n) is 6.22. The number of nitrogens with zero attached hydrogens (tertiary/aromatic N) is 1. The van der Waals surface area contributed by atoms with E-state index in [1.165, 1.54) is 12.1 Å². The number of anilines is 1. The van der Waals surface area contributed by atoms with E-state index in [1.807, 2.05) is 13.8 Å². The maximum Gasteiger partial charge on any atom is 0.256 e. The van der Waals surface area contributed by atoms with Crippen LogP contribution in [0.5, 0.6) is 0 Å². The number of benzene rings is 1. The van der Waals surface area contributed by atoms with Gasteiger partial charge in [0.05, 0.1) is 44.4 Å². The molecule has 1 aromatic carbocycles. The van der Waals surface area contributed by atoms with Crippen LogP contribution >= 0.6 is 0 Å². The molecule has 160 valence electrons. The summed E-state index contributed by atoms with van der Waals surface area (Å²) in [5.41, 5.74) is 4.23. The molecule has 0 bridgehead atoms. The minimum atomic E-state index is -0.403. The second kappa shape index (κ2) is 8.44. The summed E-state index contributed by atoms with van der Waals surface area (Å²) in [6, 6.07) is 4.21. The molecule has 0 radical (unpaired) electrons. The maximum atomic E-state index is 13.7. The minimum Gasteiger partial charge on any atom is -0.358 e. The molecule has 6 nitrogen and oxygen atoms in total. The largest absolute Gasteiger partial charge is 0.358 e. The van der Waals surface area contributed by atoms with Crippen molar-refractivity contribution < 1.29 is 18.5 Å². The number of H-pyrrole nitrogens is 1. The van der Waals surface area contributed by atoms with Gasteiger partial charge in [0.25, 0.3) is 11.8 Å². The molecule has 0 spiro atoms. The van der Waals surface area contributed by atoms with E-state index in [1.54, 1.807) is 12.1 Å². The molecule has 0 saturated carbocycles. The van der Waals surface area contributed by atoms with Crippen LogP contribution in [0.4, 0.5) is 10.1 Å². The lowest BCUT2D eigenvalue weighted by Gasteiger charge is -2.32. The van der Waals surface area contributed by atoms with Crippen molar-refractivity contribution in [1.29, 1.82) is 0 Å². The summed E-state index contributed by atoms with van der Waals surface area (Å²) < 4.78 is 14.6. The van der Waals surface area contributed by atoms with Gasteiger partial charge in [0.15, 0.2) is 0 Å². The smallest absolute Gasteiger partial charge is 0.256 e. The molecular formula is C23H30FN4O2+. The van der Waals surface area contributed by atoms with E-state index in [4.69, 9.17) is 0 Å². The Labute approximate surface area is 176 Å². The van der Waals surface area contributed by atoms with E-state index in [0.717, 1.165) is 35.4 Å². The molecule has 3 rings (SSSR count). The van der Waals surface area contributed by atoms with Gasteiger partial charge >= 0.3 is 0 Å². The zero-order valence-corrected chi connectivity index (χ0v) is 18.3. The third-order valence-corrected chi connectivity index (χ3v) is 6.22. The molecule has 3 N–H and O–H groups in total. The molecule has 7 heteroatoms. The summed E-state index contributed by atoms with van der Waals surface area (Å²) in [4.78, 5) is 28.4. The molecule has 1 aliphatic heterocycles. The number of hydrogen-bond donors (Lipinski definition) is 3. The summed E-state index contributed by atoms with van der Waals surface area (Å²) in [7, 11) is 2.18. The van der Waals surface area contributed by atoms with Crippen molar-refractivity contribution in [3.05, 3.63) is 52.1 Å². The number of likely N-dealkylation sites (N-methyl/N-ethyl adjacent to an activating group) is 1. The standard InChI is InChI=1S/C23H29FN4O2/c1-6-28(5,7-2)11-10-25-23(30)21-14(3)20(26-15(21)4)13-18-17-12-16(24)8-9-19(17)27-22(18)29/h8-9,12-13H,6-7,10-11H2,1-5H3,(H2-,25,26,27,29,30)/p+1. The summed E-state index contributed by atoms with van der Waals surface area (Å²) in [5, 5.41) is 5.76. The van der Waals surface area contributed by atoms with E-state index in [-0.39, 0.29) is 11.8 Å². The van der Waals surface area contributed by atoms with Gasteiger partial charge in [-0.3, -0.25) is 9.59 Å². The lowest BCUT2D eigenvalue weighted by Crippen LogP contribution is -2.48. The number of fused-ring (bicyclic) bond motifs is 1. The lowest BCUT2D eigenvalue weighted by atomic mass is 10.0. The van der Waals surface area contributed by atoms with E-state index in [0.29, 0.717) is 34.6 Å². The molecule has 1 aliphatic rings. The Balaban J connectivity index is 1.83. The van der Waals surface area contributed by atoms with Crippen LogP contribution in [0.25, 0.3) is 11.6 Å². The van der Waals surface area contributed by atoms with Crippen molar-refractivity contribution in [2.45, 2.75) is 27.7 Å². The average molecular weight is 414 g/mol. The fourth-order valence-electron chi connectivity index (χ4n) is 3.77. The Morgan fingerprint density at radius 3 is 2.60 bits per heavy atom. The van der Waals surface area contributed by atoms with Crippen molar-refractivity contribution in [3.8, 4) is 0 Å². The summed E-state index contributed by atoms with van der Waals surface area (Å²) in [6.45, 7) is 11.5. The van der Waals surface area contributed by atoms with Gasteiger partial charge in [-0.1, -0.05) is 0 Å². The molecule has 0 unspecified atom stereocenters. The van der Waals surface area contributed by atoms with Crippen LogP contribution in [0, 0.1) is 19.7 Å². The lowest BCUT2D eigenvalue weighted by molar-refractivity contribution is -0.904. The van der Waals surface area contributed by atoms with Crippen LogP contribution in [-0.4, -0.2) is 54.5 Å². The molecule has 0 saturated heterocycles. The van der Waals surface area contributed by atoms with Crippen LogP contribution in [0.3, 0.4) is 0 Å². The number of carbonyl (C=O) groups excluding carboxylic acids is 2. The Hall–Kier alpha value is -2.93. The number of rotatable bonds is 7. The number of quaternary nitrogens is 1. The van der Waals surface area contributed by atoms with Crippen LogP contribution in [0.1, 0.15) is 46.7 Å². The first-order valence-corrected chi connectivity index (χ1v) is 10.3. The third kappa shape index (κ3) is 4.16. The van der Waals surface area contributed by atoms with Gasteiger partial charge in [-0.2, -0.15) is 0 Å². The number of aromatic nitrogens is 1. The van der Waals surface area contributed by atoms with E-state index >= 15 is 0 Å². The number of carbonyl (C=O) groups is 2. The average Bonchev–Trinajstić information content (AvgIpc) is 3.17. The molecule has 2 heterocycles. The summed E-state index contributed by atoms with van der Waals surface area (Å²) in [6.07, 6.45) is 1.68. The predicted octanol–water partition coefficient (Wildman–Crippen LogP) is 3.48. The topological polar surface area (TPSA) is 74.0 Å². The molecule has 1 aromatic heterocycles. The zero-order chi connectivity index (χ0) is 22.1. The fraction of sp³-hybridized carbons (Fsp3) is 0.391. The molecule has 2 aromatic rings. The molecule has 0 fully saturated rings. The molecular weight excluding hydrogens is 383 g/mol. The van der Waals surface area contributed by atoms with Gasteiger partial charge in [0.2, 0.25) is 0 Å². The maximum absolute atomic E-state index is 13.7. The number of aryl methyl sites for hydroxylation is 1. The second-order valence-electron chi connectivity index (χ2n) is 8.10. The number of aromatic amines is 1. The molecule has 2 amide bonds. The highest BCUT2D eigenvalue weighted by molar-refractivity contribution is 6.34. The Morgan fingerprint density at radius 1 is 1.23 bits per heavy atom. The Bertz CT molecular complexity index is 1020. The van der Waals surface area contributed by atoms with Gasteiger partial charge < -0.3 is 20.1 Å². The van der Waals surface area contributed by atoms with Gasteiger partial charge in [-0.25, -0.2) is 4.39 Å². The molecule has 0 atom stereocenters. The van der Waals surface area contributed by atoms with Crippen LogP contribution < -0.4 is 10.6 Å². The molecule has 0 aliphatic carbocycles. The van der Waals surface area contributed by atoms with Crippen molar-refractivity contribution in [1.82, 2.24) is 10.3 Å². The highest BCUT2D eigenvalue weighted by atomic mass is 19.1. The number of hydrogen-bond acceptors (Lipinski definition) is 2. The highest BCUT2D eigenvalue weighted by Gasteiger charge is 2.26. The van der Waals surface area contributed by atoms with Gasteiger partial charge in [0.1, 0.15) is 5.82 Å². The van der Waals surface area contributed by atoms with Crippen molar-refractivity contribution in [2.75, 3.05) is 38.5 Å². The quantitative estimate of drug-likeness (QED) is 0.480. The highest BCUT2D eigenvalue weighted by Crippen LogP contribution is 2.34. The van der Waals surface area contributed by atoms with E-state index < -0.39 is 5.82 Å². The summed E-state index contributed by atoms with van der Waals surface area (Å²) >= 11 is 0. The predicted molar refractivity (Wildman–Crippen MR) is 118 cm³/mol. The first-order chi connectivity index (χ1) is 14.2. The normalized spacial score (nSPS) is 14.7. The van der Waals surface area contributed by atoms with Gasteiger partial charge in [-0.05, 0) is 57.5 Å². The van der Waals surface area contributed by atoms with Crippen LogP contribution in [-0.2, 0) is 4.79 Å². The van der Waals surface area contributed by atoms with Gasteiger partial charge in [-0.15, -0.1) is 0 Å².